The summed E-state index contributed by atoms with van der Waals surface area (Å²) in [6.07, 6.45) is 6.74. The quantitative estimate of drug-likeness (QED) is 0.272. The number of likely N-dealkylation sites (tertiary alicyclic amines) is 1. The average molecular weight is 569 g/mol. The SMILES string of the molecule is CCCN(CCNC(=NC)N1CCC(OCC2CCCCO2)CC1)C(=O)OC(C)(C)C.I. The first-order chi connectivity index (χ1) is 14.8. The lowest BCUT2D eigenvalue weighted by molar-refractivity contribution is -0.0721. The maximum absolute atomic E-state index is 12.4. The molecule has 0 spiro atoms. The molecule has 1 atom stereocenters. The molecule has 188 valence electrons. The summed E-state index contributed by atoms with van der Waals surface area (Å²) in [5.41, 5.74) is -0.484. The molecule has 0 aromatic heterocycles. The van der Waals surface area contributed by atoms with Gasteiger partial charge in [0.05, 0.1) is 18.8 Å². The average Bonchev–Trinajstić information content (AvgIpc) is 2.74. The molecule has 2 heterocycles. The fourth-order valence-electron chi connectivity index (χ4n) is 3.94. The van der Waals surface area contributed by atoms with Crippen LogP contribution in [0.4, 0.5) is 4.79 Å². The van der Waals surface area contributed by atoms with E-state index < -0.39 is 5.60 Å². The number of hydrogen-bond donors (Lipinski definition) is 1. The van der Waals surface area contributed by atoms with Crippen LogP contribution >= 0.6 is 24.0 Å². The summed E-state index contributed by atoms with van der Waals surface area (Å²) in [6, 6.07) is 0. The van der Waals surface area contributed by atoms with Crippen molar-refractivity contribution in [2.45, 2.75) is 84.0 Å². The van der Waals surface area contributed by atoms with Crippen LogP contribution in [-0.4, -0.2) is 92.6 Å². The van der Waals surface area contributed by atoms with Gasteiger partial charge in [-0.05, 0) is 59.3 Å². The van der Waals surface area contributed by atoms with Crippen molar-refractivity contribution in [3.63, 3.8) is 0 Å². The second-order valence-corrected chi connectivity index (χ2v) is 9.45. The van der Waals surface area contributed by atoms with Gasteiger partial charge in [0.1, 0.15) is 5.60 Å². The Balaban J connectivity index is 0.00000512. The Morgan fingerprint density at radius 2 is 1.91 bits per heavy atom. The zero-order chi connectivity index (χ0) is 22.7. The Morgan fingerprint density at radius 1 is 1.19 bits per heavy atom. The topological polar surface area (TPSA) is 75.6 Å². The summed E-state index contributed by atoms with van der Waals surface area (Å²) in [6.45, 7) is 13.1. The molecule has 2 aliphatic heterocycles. The first-order valence-corrected chi connectivity index (χ1v) is 12.0. The molecule has 0 aliphatic carbocycles. The van der Waals surface area contributed by atoms with E-state index in [2.05, 4.69) is 22.1 Å². The fourth-order valence-corrected chi connectivity index (χ4v) is 3.94. The molecule has 2 aliphatic rings. The van der Waals surface area contributed by atoms with Crippen molar-refractivity contribution in [3.8, 4) is 0 Å². The first-order valence-electron chi connectivity index (χ1n) is 12.0. The molecule has 0 saturated carbocycles. The molecule has 1 unspecified atom stereocenters. The smallest absolute Gasteiger partial charge is 0.410 e. The molecular formula is C23H45IN4O4. The summed E-state index contributed by atoms with van der Waals surface area (Å²) in [5, 5.41) is 3.41. The Kier molecular flexibility index (Phi) is 13.8. The summed E-state index contributed by atoms with van der Waals surface area (Å²) in [4.78, 5) is 20.9. The van der Waals surface area contributed by atoms with Crippen molar-refractivity contribution >= 4 is 36.0 Å². The molecule has 8 nitrogen and oxygen atoms in total. The number of hydrogen-bond acceptors (Lipinski definition) is 5. The van der Waals surface area contributed by atoms with Crippen LogP contribution in [0.25, 0.3) is 0 Å². The predicted octanol–water partition coefficient (Wildman–Crippen LogP) is 3.88. The maximum atomic E-state index is 12.4. The number of rotatable bonds is 8. The van der Waals surface area contributed by atoms with Gasteiger partial charge in [-0.25, -0.2) is 4.79 Å². The number of guanidine groups is 1. The van der Waals surface area contributed by atoms with E-state index in [9.17, 15) is 4.79 Å². The van der Waals surface area contributed by atoms with Gasteiger partial charge in [-0.2, -0.15) is 0 Å². The van der Waals surface area contributed by atoms with Crippen LogP contribution in [0.5, 0.6) is 0 Å². The molecule has 1 amide bonds. The van der Waals surface area contributed by atoms with E-state index in [1.165, 1.54) is 12.8 Å². The molecule has 32 heavy (non-hydrogen) atoms. The third kappa shape index (κ3) is 10.9. The summed E-state index contributed by atoms with van der Waals surface area (Å²) in [5.74, 6) is 0.884. The Labute approximate surface area is 211 Å². The number of aliphatic imine (C=N–C) groups is 1. The lowest BCUT2D eigenvalue weighted by atomic mass is 10.1. The minimum Gasteiger partial charge on any atom is -0.444 e. The van der Waals surface area contributed by atoms with Crippen LogP contribution in [0, 0.1) is 0 Å². The van der Waals surface area contributed by atoms with Gasteiger partial charge in [0.2, 0.25) is 0 Å². The number of amides is 1. The summed E-state index contributed by atoms with van der Waals surface area (Å²) in [7, 11) is 1.81. The number of nitrogens with zero attached hydrogens (tertiary/aromatic N) is 3. The van der Waals surface area contributed by atoms with Crippen molar-refractivity contribution in [2.75, 3.05) is 53.0 Å². The van der Waals surface area contributed by atoms with Crippen molar-refractivity contribution < 1.29 is 19.0 Å². The van der Waals surface area contributed by atoms with E-state index in [-0.39, 0.29) is 36.2 Å². The zero-order valence-electron chi connectivity index (χ0n) is 20.7. The van der Waals surface area contributed by atoms with Crippen molar-refractivity contribution in [1.29, 1.82) is 0 Å². The maximum Gasteiger partial charge on any atom is 0.410 e. The van der Waals surface area contributed by atoms with E-state index in [1.54, 1.807) is 4.90 Å². The first kappa shape index (κ1) is 29.2. The predicted molar refractivity (Wildman–Crippen MR) is 139 cm³/mol. The number of ether oxygens (including phenoxy) is 3. The standard InChI is InChI=1S/C23H44N4O4.HI/c1-6-13-27(22(28)31-23(2,3)4)16-12-25-21(24-5)26-14-10-19(11-15-26)30-18-20-9-7-8-17-29-20;/h19-20H,6-18H2,1-5H3,(H,24,25);1H. The second kappa shape index (κ2) is 15.2. The van der Waals surface area contributed by atoms with E-state index in [0.29, 0.717) is 25.7 Å². The molecule has 2 fully saturated rings. The Hall–Kier alpha value is -0.810. The van der Waals surface area contributed by atoms with Crippen LogP contribution in [-0.2, 0) is 14.2 Å². The summed E-state index contributed by atoms with van der Waals surface area (Å²) < 4.78 is 17.4. The molecule has 0 bridgehead atoms. The van der Waals surface area contributed by atoms with Gasteiger partial charge in [0.25, 0.3) is 0 Å². The van der Waals surface area contributed by atoms with E-state index in [1.807, 2.05) is 27.8 Å². The molecule has 2 rings (SSSR count). The van der Waals surface area contributed by atoms with Gasteiger partial charge >= 0.3 is 6.09 Å². The minimum atomic E-state index is -0.484. The van der Waals surface area contributed by atoms with Crippen LogP contribution in [0.1, 0.15) is 66.2 Å². The van der Waals surface area contributed by atoms with Gasteiger partial charge in [0, 0.05) is 46.4 Å². The number of carbonyl (C=O) groups is 1. The van der Waals surface area contributed by atoms with E-state index in [4.69, 9.17) is 14.2 Å². The normalized spacial score (nSPS) is 20.5. The van der Waals surface area contributed by atoms with Crippen molar-refractivity contribution in [1.82, 2.24) is 15.1 Å². The monoisotopic (exact) mass is 568 g/mol. The van der Waals surface area contributed by atoms with Crippen LogP contribution in [0.3, 0.4) is 0 Å². The largest absolute Gasteiger partial charge is 0.444 e. The molecule has 0 radical (unpaired) electrons. The molecular weight excluding hydrogens is 523 g/mol. The number of halogens is 1. The Morgan fingerprint density at radius 3 is 2.47 bits per heavy atom. The fraction of sp³-hybridized carbons (Fsp3) is 0.913. The molecule has 9 heteroatoms. The van der Waals surface area contributed by atoms with Gasteiger partial charge in [0.15, 0.2) is 5.96 Å². The third-order valence-corrected chi connectivity index (χ3v) is 5.56. The minimum absolute atomic E-state index is 0. The van der Waals surface area contributed by atoms with Crippen molar-refractivity contribution in [3.05, 3.63) is 0 Å². The van der Waals surface area contributed by atoms with Crippen LogP contribution in [0.2, 0.25) is 0 Å². The van der Waals surface area contributed by atoms with Crippen LogP contribution < -0.4 is 5.32 Å². The highest BCUT2D eigenvalue weighted by atomic mass is 127. The van der Waals surface area contributed by atoms with Gasteiger partial charge < -0.3 is 29.3 Å². The highest BCUT2D eigenvalue weighted by Crippen LogP contribution is 2.18. The van der Waals surface area contributed by atoms with E-state index in [0.717, 1.165) is 57.9 Å². The zero-order valence-corrected chi connectivity index (χ0v) is 23.1. The van der Waals surface area contributed by atoms with Gasteiger partial charge in [-0.3, -0.25) is 4.99 Å². The van der Waals surface area contributed by atoms with Gasteiger partial charge in [-0.1, -0.05) is 6.92 Å². The number of piperidine rings is 1. The highest BCUT2D eigenvalue weighted by Gasteiger charge is 2.25. The second-order valence-electron chi connectivity index (χ2n) is 9.45. The van der Waals surface area contributed by atoms with Gasteiger partial charge in [-0.15, -0.1) is 24.0 Å². The molecule has 2 saturated heterocycles. The highest BCUT2D eigenvalue weighted by molar-refractivity contribution is 14.0. The molecule has 1 N–H and O–H groups in total. The van der Waals surface area contributed by atoms with Crippen molar-refractivity contribution in [2.24, 2.45) is 4.99 Å². The number of carbonyl (C=O) groups excluding carboxylic acids is 1. The number of nitrogens with one attached hydrogen (secondary N) is 1. The third-order valence-electron chi connectivity index (χ3n) is 5.56. The lowest BCUT2D eigenvalue weighted by Crippen LogP contribution is -2.49. The molecule has 0 aromatic rings. The van der Waals surface area contributed by atoms with E-state index >= 15 is 0 Å². The van der Waals surface area contributed by atoms with Crippen LogP contribution in [0.15, 0.2) is 4.99 Å². The Bertz CT molecular complexity index is 557. The summed E-state index contributed by atoms with van der Waals surface area (Å²) >= 11 is 0. The molecule has 0 aromatic carbocycles. The lowest BCUT2D eigenvalue weighted by Gasteiger charge is -2.35.